The van der Waals surface area contributed by atoms with Crippen LogP contribution in [0.15, 0.2) is 18.2 Å². The smallest absolute Gasteiger partial charge is 0.410 e. The van der Waals surface area contributed by atoms with Crippen LogP contribution in [0.4, 0.5) is 9.18 Å². The van der Waals surface area contributed by atoms with Crippen molar-refractivity contribution in [2.24, 2.45) is 11.8 Å². The first-order chi connectivity index (χ1) is 11.8. The maximum absolute atomic E-state index is 13.9. The van der Waals surface area contributed by atoms with Crippen molar-refractivity contribution in [3.05, 3.63) is 34.6 Å². The van der Waals surface area contributed by atoms with Crippen molar-refractivity contribution in [3.63, 3.8) is 0 Å². The molecule has 0 spiro atoms. The van der Waals surface area contributed by atoms with E-state index in [9.17, 15) is 14.0 Å². The Hall–Kier alpha value is -1.82. The number of amides is 2. The first-order valence-electron chi connectivity index (χ1n) is 8.43. The Bertz CT molecular complexity index is 639. The highest BCUT2D eigenvalue weighted by molar-refractivity contribution is 6.30. The summed E-state index contributed by atoms with van der Waals surface area (Å²) in [6, 6.07) is 4.04. The minimum atomic E-state index is -0.600. The molecule has 2 amide bonds. The van der Waals surface area contributed by atoms with Gasteiger partial charge in [0.1, 0.15) is 11.9 Å². The van der Waals surface area contributed by atoms with Crippen LogP contribution in [-0.2, 0) is 16.1 Å². The van der Waals surface area contributed by atoms with E-state index in [1.165, 1.54) is 11.0 Å². The van der Waals surface area contributed by atoms with Gasteiger partial charge in [0.15, 0.2) is 0 Å². The predicted molar refractivity (Wildman–Crippen MR) is 93.7 cm³/mol. The fourth-order valence-electron chi connectivity index (χ4n) is 2.80. The summed E-state index contributed by atoms with van der Waals surface area (Å²) >= 11 is 5.74. The van der Waals surface area contributed by atoms with Crippen molar-refractivity contribution in [2.75, 3.05) is 13.2 Å². The van der Waals surface area contributed by atoms with E-state index in [1.54, 1.807) is 12.1 Å². The van der Waals surface area contributed by atoms with Crippen LogP contribution in [0, 0.1) is 17.7 Å². The van der Waals surface area contributed by atoms with Gasteiger partial charge in [0.05, 0.1) is 11.6 Å². The second-order valence-corrected chi connectivity index (χ2v) is 7.32. The van der Waals surface area contributed by atoms with Gasteiger partial charge in [-0.25, -0.2) is 9.18 Å². The fourth-order valence-corrected chi connectivity index (χ4v) is 3.00. The third-order valence-electron chi connectivity index (χ3n) is 4.07. The molecule has 1 fully saturated rings. The number of rotatable bonds is 5. The lowest BCUT2D eigenvalue weighted by molar-refractivity contribution is -0.125. The van der Waals surface area contributed by atoms with Crippen LogP contribution in [0.2, 0.25) is 5.02 Å². The zero-order valence-corrected chi connectivity index (χ0v) is 15.5. The molecule has 1 aromatic rings. The van der Waals surface area contributed by atoms with Crippen LogP contribution in [0.3, 0.4) is 0 Å². The molecule has 2 unspecified atom stereocenters. The van der Waals surface area contributed by atoms with Crippen molar-refractivity contribution in [3.8, 4) is 0 Å². The molecule has 1 aliphatic rings. The topological polar surface area (TPSA) is 58.6 Å². The third-order valence-corrected chi connectivity index (χ3v) is 4.36. The number of halogens is 2. The van der Waals surface area contributed by atoms with Crippen LogP contribution in [0.25, 0.3) is 0 Å². The summed E-state index contributed by atoms with van der Waals surface area (Å²) < 4.78 is 19.1. The maximum atomic E-state index is 13.9. The summed E-state index contributed by atoms with van der Waals surface area (Å²) in [4.78, 5) is 26.2. The number of ether oxygens (including phenoxy) is 1. The van der Waals surface area contributed by atoms with E-state index in [0.29, 0.717) is 25.1 Å². The molecule has 0 bridgehead atoms. The SMILES string of the molecule is CC(C)COC(=O)N1CC(C)CC1C(=O)NCc1cccc(Cl)c1F. The van der Waals surface area contributed by atoms with Gasteiger partial charge in [-0.05, 0) is 24.3 Å². The average Bonchev–Trinajstić information content (AvgIpc) is 2.95. The van der Waals surface area contributed by atoms with Crippen LogP contribution in [0.5, 0.6) is 0 Å². The molecule has 0 radical (unpaired) electrons. The van der Waals surface area contributed by atoms with Crippen molar-refractivity contribution in [1.29, 1.82) is 0 Å². The summed E-state index contributed by atoms with van der Waals surface area (Å²) in [7, 11) is 0. The van der Waals surface area contributed by atoms with E-state index in [-0.39, 0.29) is 29.3 Å². The monoisotopic (exact) mass is 370 g/mol. The Kier molecular flexibility index (Phi) is 6.64. The van der Waals surface area contributed by atoms with Crippen LogP contribution in [-0.4, -0.2) is 36.1 Å². The number of likely N-dealkylation sites (tertiary alicyclic amines) is 1. The van der Waals surface area contributed by atoms with Gasteiger partial charge in [-0.3, -0.25) is 9.69 Å². The minimum absolute atomic E-state index is 0.0140. The highest BCUT2D eigenvalue weighted by Crippen LogP contribution is 2.24. The van der Waals surface area contributed by atoms with Gasteiger partial charge in [0.25, 0.3) is 0 Å². The predicted octanol–water partition coefficient (Wildman–Crippen LogP) is 3.60. The Morgan fingerprint density at radius 1 is 1.44 bits per heavy atom. The number of benzene rings is 1. The zero-order chi connectivity index (χ0) is 18.6. The second-order valence-electron chi connectivity index (χ2n) is 6.91. The molecule has 0 saturated carbocycles. The van der Waals surface area contributed by atoms with Crippen LogP contribution < -0.4 is 5.32 Å². The first-order valence-corrected chi connectivity index (χ1v) is 8.81. The highest BCUT2D eigenvalue weighted by atomic mass is 35.5. The number of carbonyl (C=O) groups is 2. The first kappa shape index (κ1) is 19.5. The lowest BCUT2D eigenvalue weighted by atomic mass is 10.1. The summed E-state index contributed by atoms with van der Waals surface area (Å²) in [5.41, 5.74) is 0.306. The fraction of sp³-hybridized carbons (Fsp3) is 0.556. The molecular weight excluding hydrogens is 347 g/mol. The number of carbonyl (C=O) groups excluding carboxylic acids is 2. The van der Waals surface area contributed by atoms with Gasteiger partial charge in [-0.2, -0.15) is 0 Å². The zero-order valence-electron chi connectivity index (χ0n) is 14.7. The number of nitrogens with one attached hydrogen (secondary N) is 1. The molecule has 5 nitrogen and oxygen atoms in total. The van der Waals surface area contributed by atoms with Crippen molar-refractivity contribution < 1.29 is 18.7 Å². The third kappa shape index (κ3) is 5.08. The molecule has 2 atom stereocenters. The van der Waals surface area contributed by atoms with E-state index < -0.39 is 18.0 Å². The van der Waals surface area contributed by atoms with Crippen molar-refractivity contribution >= 4 is 23.6 Å². The molecule has 7 heteroatoms. The van der Waals surface area contributed by atoms with Gasteiger partial charge < -0.3 is 10.1 Å². The molecule has 2 rings (SSSR count). The summed E-state index contributed by atoms with van der Waals surface area (Å²) in [5, 5.41) is 2.71. The maximum Gasteiger partial charge on any atom is 0.410 e. The Morgan fingerprint density at radius 2 is 2.16 bits per heavy atom. The number of nitrogens with zero attached hydrogens (tertiary/aromatic N) is 1. The Morgan fingerprint density at radius 3 is 2.84 bits per heavy atom. The van der Waals surface area contributed by atoms with Gasteiger partial charge >= 0.3 is 6.09 Å². The van der Waals surface area contributed by atoms with Crippen molar-refractivity contribution in [2.45, 2.75) is 39.8 Å². The van der Waals surface area contributed by atoms with Crippen LogP contribution in [0.1, 0.15) is 32.8 Å². The van der Waals surface area contributed by atoms with E-state index in [4.69, 9.17) is 16.3 Å². The standard InChI is InChI=1S/C18H24ClFN2O3/c1-11(2)10-25-18(24)22-9-12(3)7-15(22)17(23)21-8-13-5-4-6-14(19)16(13)20/h4-6,11-12,15H,7-10H2,1-3H3,(H,21,23). The average molecular weight is 371 g/mol. The van der Waals surface area contributed by atoms with Gasteiger partial charge in [-0.15, -0.1) is 0 Å². The Balaban J connectivity index is 1.98. The molecule has 138 valence electrons. The highest BCUT2D eigenvalue weighted by Gasteiger charge is 2.38. The summed E-state index contributed by atoms with van der Waals surface area (Å²) in [5.74, 6) is -0.435. The van der Waals surface area contributed by atoms with Gasteiger partial charge in [0, 0.05) is 18.7 Å². The number of hydrogen-bond donors (Lipinski definition) is 1. The number of hydrogen-bond acceptors (Lipinski definition) is 3. The van der Waals surface area contributed by atoms with Crippen LogP contribution >= 0.6 is 11.6 Å². The van der Waals surface area contributed by atoms with E-state index in [2.05, 4.69) is 5.32 Å². The lowest BCUT2D eigenvalue weighted by Crippen LogP contribution is -2.46. The molecule has 1 aliphatic heterocycles. The summed E-state index contributed by atoms with van der Waals surface area (Å²) in [6.07, 6.45) is 0.0767. The van der Waals surface area contributed by atoms with E-state index in [1.807, 2.05) is 20.8 Å². The van der Waals surface area contributed by atoms with Gasteiger partial charge in [-0.1, -0.05) is 44.5 Å². The van der Waals surface area contributed by atoms with E-state index in [0.717, 1.165) is 0 Å². The minimum Gasteiger partial charge on any atom is -0.449 e. The normalized spacial score (nSPS) is 20.0. The molecular formula is C18H24ClFN2O3. The molecule has 1 N–H and O–H groups in total. The second kappa shape index (κ2) is 8.52. The molecule has 1 saturated heterocycles. The molecule has 0 aliphatic carbocycles. The largest absolute Gasteiger partial charge is 0.449 e. The Labute approximate surface area is 152 Å². The van der Waals surface area contributed by atoms with Crippen molar-refractivity contribution in [1.82, 2.24) is 10.2 Å². The molecule has 1 heterocycles. The van der Waals surface area contributed by atoms with Gasteiger partial charge in [0.2, 0.25) is 5.91 Å². The lowest BCUT2D eigenvalue weighted by Gasteiger charge is -2.23. The summed E-state index contributed by atoms with van der Waals surface area (Å²) in [6.45, 7) is 6.68. The molecule has 1 aromatic carbocycles. The quantitative estimate of drug-likeness (QED) is 0.861. The molecule has 25 heavy (non-hydrogen) atoms. The van der Waals surface area contributed by atoms with E-state index >= 15 is 0 Å². The molecule has 0 aromatic heterocycles.